The highest BCUT2D eigenvalue weighted by Gasteiger charge is 2.16. The van der Waals surface area contributed by atoms with Gasteiger partial charge < -0.3 is 15.0 Å². The van der Waals surface area contributed by atoms with Gasteiger partial charge in [0.25, 0.3) is 0 Å². The Kier molecular flexibility index (Phi) is 6.55. The average molecular weight is 420 g/mol. The molecule has 10 heteroatoms. The number of anilines is 1. The highest BCUT2D eigenvalue weighted by Crippen LogP contribution is 2.28. The number of halogens is 1. The molecule has 24 heavy (non-hydrogen) atoms. The lowest BCUT2D eigenvalue weighted by atomic mass is 10.0. The van der Waals surface area contributed by atoms with Gasteiger partial charge in [0.2, 0.25) is 10.0 Å². The van der Waals surface area contributed by atoms with Gasteiger partial charge in [0.15, 0.2) is 5.82 Å². The summed E-state index contributed by atoms with van der Waals surface area (Å²) >= 11 is 3.50. The third-order valence-electron chi connectivity index (χ3n) is 3.55. The molecule has 1 atom stereocenters. The molecule has 134 valence electrons. The van der Waals surface area contributed by atoms with Gasteiger partial charge in [-0.25, -0.2) is 23.1 Å². The molecule has 0 radical (unpaired) electrons. The number of nitrogens with one attached hydrogen (secondary N) is 1. The fourth-order valence-electron chi connectivity index (χ4n) is 2.31. The predicted molar refractivity (Wildman–Crippen MR) is 97.8 cm³/mol. The molecule has 0 bridgehead atoms. The van der Waals surface area contributed by atoms with Crippen molar-refractivity contribution in [2.45, 2.75) is 19.4 Å². The first kappa shape index (κ1) is 19.1. The van der Waals surface area contributed by atoms with Gasteiger partial charge in [-0.1, -0.05) is 22.9 Å². The largest absolute Gasteiger partial charge is 0.382 e. The third-order valence-corrected chi connectivity index (χ3v) is 5.25. The number of pyridine rings is 1. The smallest absolute Gasteiger partial charge is 0.208 e. The van der Waals surface area contributed by atoms with E-state index in [0.29, 0.717) is 31.1 Å². The van der Waals surface area contributed by atoms with Crippen molar-refractivity contribution >= 4 is 42.8 Å². The molecular weight excluding hydrogens is 398 g/mol. The van der Waals surface area contributed by atoms with Crippen molar-refractivity contribution in [1.29, 1.82) is 0 Å². The van der Waals surface area contributed by atoms with E-state index < -0.39 is 10.0 Å². The fourth-order valence-corrected chi connectivity index (χ4v) is 3.11. The minimum atomic E-state index is -3.18. The maximum Gasteiger partial charge on any atom is 0.208 e. The molecule has 1 unspecified atom stereocenters. The minimum absolute atomic E-state index is 0.256. The Morgan fingerprint density at radius 3 is 2.83 bits per heavy atom. The van der Waals surface area contributed by atoms with E-state index in [1.165, 1.54) is 0 Å². The average Bonchev–Trinajstić information content (AvgIpc) is 2.94. The summed E-state index contributed by atoms with van der Waals surface area (Å²) in [4.78, 5) is 8.57. The van der Waals surface area contributed by atoms with Crippen molar-refractivity contribution < 1.29 is 13.2 Å². The molecule has 2 rings (SSSR count). The Hall–Kier alpha value is -1.23. The van der Waals surface area contributed by atoms with Crippen LogP contribution in [0.2, 0.25) is 0 Å². The summed E-state index contributed by atoms with van der Waals surface area (Å²) < 4.78 is 31.8. The van der Waals surface area contributed by atoms with Gasteiger partial charge in [-0.05, 0) is 5.92 Å². The van der Waals surface area contributed by atoms with Crippen molar-refractivity contribution in [3.63, 3.8) is 0 Å². The van der Waals surface area contributed by atoms with Gasteiger partial charge in [-0.2, -0.15) is 0 Å². The molecular formula is C14H22BrN5O3S. The molecule has 0 fully saturated rings. The molecule has 0 aliphatic heterocycles. The number of sulfonamides is 1. The zero-order chi connectivity index (χ0) is 17.7. The molecule has 3 N–H and O–H groups in total. The zero-order valence-electron chi connectivity index (χ0n) is 13.7. The Balaban J connectivity index is 2.03. The molecule has 0 aliphatic rings. The summed E-state index contributed by atoms with van der Waals surface area (Å²) in [5.41, 5.74) is 8.65. The highest BCUT2D eigenvalue weighted by atomic mass is 79.9. The summed E-state index contributed by atoms with van der Waals surface area (Å²) in [5, 5.41) is 0.812. The van der Waals surface area contributed by atoms with Crippen molar-refractivity contribution in [1.82, 2.24) is 19.3 Å². The monoisotopic (exact) mass is 419 g/mol. The second-order valence-corrected chi connectivity index (χ2v) is 8.05. The summed E-state index contributed by atoms with van der Waals surface area (Å²) in [7, 11) is -3.18. The summed E-state index contributed by atoms with van der Waals surface area (Å²) in [6, 6.07) is 0. The van der Waals surface area contributed by atoms with Crippen LogP contribution in [0.25, 0.3) is 11.0 Å². The second kappa shape index (κ2) is 8.24. The highest BCUT2D eigenvalue weighted by molar-refractivity contribution is 9.09. The summed E-state index contributed by atoms with van der Waals surface area (Å²) in [5.74, 6) is 0.684. The number of fused-ring (bicyclic) bond motifs is 1. The number of aromatic nitrogens is 3. The first-order valence-corrected chi connectivity index (χ1v) is 10.5. The topological polar surface area (TPSA) is 112 Å². The van der Waals surface area contributed by atoms with Gasteiger partial charge in [0.05, 0.1) is 31.3 Å². The van der Waals surface area contributed by atoms with Crippen LogP contribution in [0.5, 0.6) is 0 Å². The normalized spacial score (nSPS) is 13.5. The third kappa shape index (κ3) is 4.88. The number of imidazole rings is 1. The van der Waals surface area contributed by atoms with E-state index >= 15 is 0 Å². The van der Waals surface area contributed by atoms with Gasteiger partial charge in [0, 0.05) is 30.2 Å². The molecule has 2 aromatic rings. The van der Waals surface area contributed by atoms with Crippen LogP contribution in [-0.4, -0.2) is 54.3 Å². The Morgan fingerprint density at radius 2 is 2.17 bits per heavy atom. The Bertz CT molecular complexity index is 793. The molecule has 2 aromatic heterocycles. The Morgan fingerprint density at radius 1 is 1.42 bits per heavy atom. The van der Waals surface area contributed by atoms with Crippen LogP contribution in [0.15, 0.2) is 12.5 Å². The first-order valence-electron chi connectivity index (χ1n) is 7.51. The van der Waals surface area contributed by atoms with Gasteiger partial charge in [0.1, 0.15) is 5.52 Å². The lowest BCUT2D eigenvalue weighted by molar-refractivity contribution is 0.132. The Labute approximate surface area is 150 Å². The molecule has 0 aromatic carbocycles. The second-order valence-electron chi connectivity index (χ2n) is 5.57. The van der Waals surface area contributed by atoms with Crippen LogP contribution in [0.1, 0.15) is 18.4 Å². The van der Waals surface area contributed by atoms with Gasteiger partial charge >= 0.3 is 0 Å². The van der Waals surface area contributed by atoms with Crippen LogP contribution in [0.3, 0.4) is 0 Å². The lowest BCUT2D eigenvalue weighted by Gasteiger charge is -2.13. The molecule has 2 heterocycles. The van der Waals surface area contributed by atoms with E-state index in [-0.39, 0.29) is 12.5 Å². The number of nitrogen functional groups attached to an aromatic ring is 1. The van der Waals surface area contributed by atoms with Gasteiger partial charge in [-0.15, -0.1) is 0 Å². The molecule has 0 spiro atoms. The maximum absolute atomic E-state index is 11.0. The quantitative estimate of drug-likeness (QED) is 0.464. The number of ether oxygens (including phenoxy) is 1. The van der Waals surface area contributed by atoms with E-state index in [4.69, 9.17) is 10.5 Å². The van der Waals surface area contributed by atoms with E-state index in [0.717, 1.165) is 22.7 Å². The van der Waals surface area contributed by atoms with Crippen molar-refractivity contribution in [2.24, 2.45) is 0 Å². The fraction of sp³-hybridized carbons (Fsp3) is 0.571. The SMILES string of the molecule is CC(CBr)c1cnc(N)c2ncn(CCOCCNS(C)(=O)=O)c12. The van der Waals surface area contributed by atoms with Crippen LogP contribution in [0, 0.1) is 0 Å². The van der Waals surface area contributed by atoms with E-state index in [1.54, 1.807) is 12.5 Å². The molecule has 0 saturated heterocycles. The first-order chi connectivity index (χ1) is 11.3. The number of alkyl halides is 1. The molecule has 8 nitrogen and oxygen atoms in total. The predicted octanol–water partition coefficient (Wildman–Crippen LogP) is 1.08. The zero-order valence-corrected chi connectivity index (χ0v) is 16.1. The molecule has 0 aliphatic carbocycles. The number of nitrogens with zero attached hydrogens (tertiary/aromatic N) is 3. The van der Waals surface area contributed by atoms with Crippen molar-refractivity contribution in [3.05, 3.63) is 18.1 Å². The number of nitrogens with two attached hydrogens (primary N) is 1. The van der Waals surface area contributed by atoms with E-state index in [2.05, 4.69) is 37.5 Å². The van der Waals surface area contributed by atoms with Crippen LogP contribution in [-0.2, 0) is 21.3 Å². The summed E-state index contributed by atoms with van der Waals surface area (Å²) in [6.07, 6.45) is 4.64. The standard InChI is InChI=1S/C14H22BrN5O3S/c1-10(7-15)11-8-17-14(16)12-13(11)20(9-18-12)4-6-23-5-3-19-24(2,21)22/h8-10,19H,3-7H2,1-2H3,(H2,16,17). The molecule has 0 amide bonds. The van der Waals surface area contributed by atoms with Gasteiger partial charge in [-0.3, -0.25) is 0 Å². The maximum atomic E-state index is 11.0. The van der Waals surface area contributed by atoms with Crippen molar-refractivity contribution in [2.75, 3.05) is 37.1 Å². The van der Waals surface area contributed by atoms with Crippen LogP contribution < -0.4 is 10.5 Å². The van der Waals surface area contributed by atoms with E-state index in [1.807, 2.05) is 4.57 Å². The summed E-state index contributed by atoms with van der Waals surface area (Å²) in [6.45, 7) is 3.72. The van der Waals surface area contributed by atoms with Crippen LogP contribution in [0.4, 0.5) is 5.82 Å². The number of hydrogen-bond donors (Lipinski definition) is 2. The number of hydrogen-bond acceptors (Lipinski definition) is 6. The van der Waals surface area contributed by atoms with Crippen LogP contribution >= 0.6 is 15.9 Å². The van der Waals surface area contributed by atoms with E-state index in [9.17, 15) is 8.42 Å². The number of rotatable bonds is 9. The van der Waals surface area contributed by atoms with Crippen molar-refractivity contribution in [3.8, 4) is 0 Å². The minimum Gasteiger partial charge on any atom is -0.382 e. The lowest BCUT2D eigenvalue weighted by Crippen LogP contribution is -2.26. The molecule has 0 saturated carbocycles.